The van der Waals surface area contributed by atoms with Crippen LogP contribution < -0.4 is 0 Å². The zero-order valence-electron chi connectivity index (χ0n) is 17.9. The molecule has 36 heavy (non-hydrogen) atoms. The molecule has 0 bridgehead atoms. The van der Waals surface area contributed by atoms with Crippen LogP contribution in [0.5, 0.6) is 0 Å². The molecule has 0 fully saturated rings. The maximum absolute atomic E-state index is 14.3. The van der Waals surface area contributed by atoms with Gasteiger partial charge in [-0.2, -0.15) is 0 Å². The number of hydrogen-bond acceptors (Lipinski definition) is 4. The largest absolute Gasteiger partial charge is 0.481 e. The van der Waals surface area contributed by atoms with Gasteiger partial charge in [0.2, 0.25) is 0 Å². The summed E-state index contributed by atoms with van der Waals surface area (Å²) in [5.74, 6) is -6.46. The first kappa shape index (κ1) is 25.4. The van der Waals surface area contributed by atoms with Crippen molar-refractivity contribution in [2.24, 2.45) is 5.92 Å². The lowest BCUT2D eigenvalue weighted by Gasteiger charge is -2.12. The van der Waals surface area contributed by atoms with E-state index in [1.807, 2.05) is 0 Å². The van der Waals surface area contributed by atoms with Crippen molar-refractivity contribution in [3.63, 3.8) is 0 Å². The van der Waals surface area contributed by atoms with E-state index in [0.29, 0.717) is 10.4 Å². The van der Waals surface area contributed by atoms with Crippen molar-refractivity contribution in [3.8, 4) is 11.8 Å². The van der Waals surface area contributed by atoms with Gasteiger partial charge >= 0.3 is 5.97 Å². The number of aromatic amines is 1. The highest BCUT2D eigenvalue weighted by molar-refractivity contribution is 7.93. The quantitative estimate of drug-likeness (QED) is 0.156. The van der Waals surface area contributed by atoms with Gasteiger partial charge in [-0.1, -0.05) is 11.8 Å². The zero-order chi connectivity index (χ0) is 26.2. The van der Waals surface area contributed by atoms with Crippen molar-refractivity contribution in [2.75, 3.05) is 5.75 Å². The van der Waals surface area contributed by atoms with Crippen LogP contribution in [-0.2, 0) is 21.1 Å². The SMILES string of the molecule is O=C(O)[C@H](Cc1c[nH]c2c(F)c(F)c(F)c(F)c12)CS(=O)(=O)c1ccc(C#Cc2ccc(F)cc2)s1. The van der Waals surface area contributed by atoms with E-state index >= 15 is 0 Å². The van der Waals surface area contributed by atoms with Crippen LogP contribution in [-0.4, -0.2) is 30.2 Å². The number of nitrogens with one attached hydrogen (secondary N) is 1. The van der Waals surface area contributed by atoms with E-state index < -0.39 is 73.9 Å². The molecule has 2 N–H and O–H groups in total. The molecule has 0 unspecified atom stereocenters. The topological polar surface area (TPSA) is 87.2 Å². The minimum Gasteiger partial charge on any atom is -0.481 e. The molecule has 0 aliphatic heterocycles. The van der Waals surface area contributed by atoms with Crippen LogP contribution >= 0.6 is 11.3 Å². The fourth-order valence-corrected chi connectivity index (χ4v) is 6.31. The monoisotopic (exact) mass is 539 g/mol. The molecule has 1 atom stereocenters. The predicted molar refractivity (Wildman–Crippen MR) is 122 cm³/mol. The third-order valence-corrected chi connectivity index (χ3v) is 8.67. The van der Waals surface area contributed by atoms with E-state index in [9.17, 15) is 40.3 Å². The van der Waals surface area contributed by atoms with Gasteiger partial charge in [-0.15, -0.1) is 11.3 Å². The Labute approximate surface area is 205 Å². The number of fused-ring (bicyclic) bond motifs is 1. The number of sulfone groups is 1. The van der Waals surface area contributed by atoms with Crippen molar-refractivity contribution < 1.29 is 40.3 Å². The summed E-state index contributed by atoms with van der Waals surface area (Å²) >= 11 is 0.799. The summed E-state index contributed by atoms with van der Waals surface area (Å²) in [5.41, 5.74) is -0.421. The number of aliphatic carboxylic acids is 1. The molecule has 2 heterocycles. The van der Waals surface area contributed by atoms with Crippen LogP contribution in [0.2, 0.25) is 0 Å². The fourth-order valence-electron chi connectivity index (χ4n) is 3.51. The highest BCUT2D eigenvalue weighted by Crippen LogP contribution is 2.31. The van der Waals surface area contributed by atoms with Gasteiger partial charge in [0.1, 0.15) is 10.0 Å². The maximum atomic E-state index is 14.3. The summed E-state index contributed by atoms with van der Waals surface area (Å²) in [5, 5.41) is 8.90. The predicted octanol–water partition coefficient (Wildman–Crippen LogP) is 5.04. The van der Waals surface area contributed by atoms with Crippen LogP contribution in [0.4, 0.5) is 22.0 Å². The Morgan fingerprint density at radius 2 is 1.61 bits per heavy atom. The number of hydrogen-bond donors (Lipinski definition) is 2. The minimum atomic E-state index is -4.15. The Kier molecular flexibility index (Phi) is 6.88. The molecule has 12 heteroatoms. The van der Waals surface area contributed by atoms with Gasteiger partial charge in [0, 0.05) is 17.1 Å². The molecule has 0 amide bonds. The smallest absolute Gasteiger partial charge is 0.307 e. The number of halogens is 5. The van der Waals surface area contributed by atoms with E-state index in [-0.39, 0.29) is 9.77 Å². The second-order valence-electron chi connectivity index (χ2n) is 7.72. The van der Waals surface area contributed by atoms with Crippen LogP contribution in [0.15, 0.2) is 46.8 Å². The molecule has 0 spiro atoms. The summed E-state index contributed by atoms with van der Waals surface area (Å²) < 4.78 is 94.1. The summed E-state index contributed by atoms with van der Waals surface area (Å²) in [6.07, 6.45) is 0.380. The molecular formula is C24H14F5NO4S2. The molecule has 0 radical (unpaired) electrons. The Morgan fingerprint density at radius 3 is 2.28 bits per heavy atom. The van der Waals surface area contributed by atoms with Crippen molar-refractivity contribution in [2.45, 2.75) is 10.6 Å². The number of benzene rings is 2. The Balaban J connectivity index is 1.58. The molecule has 2 aromatic carbocycles. The summed E-state index contributed by atoms with van der Waals surface area (Å²) in [7, 11) is -4.15. The Bertz CT molecular complexity index is 1650. The first-order valence-electron chi connectivity index (χ1n) is 10.1. The van der Waals surface area contributed by atoms with Crippen molar-refractivity contribution in [3.05, 3.63) is 87.7 Å². The van der Waals surface area contributed by atoms with E-state index in [4.69, 9.17) is 0 Å². The number of rotatable bonds is 6. The number of carbonyl (C=O) groups is 1. The highest BCUT2D eigenvalue weighted by Gasteiger charge is 2.31. The lowest BCUT2D eigenvalue weighted by Crippen LogP contribution is -2.25. The van der Waals surface area contributed by atoms with E-state index in [1.54, 1.807) is 0 Å². The molecule has 5 nitrogen and oxygen atoms in total. The minimum absolute atomic E-state index is 0.165. The van der Waals surface area contributed by atoms with Crippen LogP contribution in [0, 0.1) is 46.8 Å². The summed E-state index contributed by atoms with van der Waals surface area (Å²) in [4.78, 5) is 14.4. The average Bonchev–Trinajstić information content (AvgIpc) is 3.48. The average molecular weight is 540 g/mol. The molecule has 186 valence electrons. The van der Waals surface area contributed by atoms with E-state index in [2.05, 4.69) is 16.8 Å². The standard InChI is InChI=1S/C24H14F5NO4S2/c25-15-4-1-12(2-5-15)3-6-16-7-8-17(35-16)36(33,34)11-14(24(31)32)9-13-10-30-23-18(13)19(26)20(27)21(28)22(23)29/h1-2,4-5,7-8,10,14,30H,9,11H2,(H,31,32)/t14-/m1/s1. The maximum Gasteiger partial charge on any atom is 0.307 e. The van der Waals surface area contributed by atoms with Gasteiger partial charge in [-0.05, 0) is 48.4 Å². The van der Waals surface area contributed by atoms with E-state index in [1.165, 1.54) is 36.4 Å². The molecule has 2 aromatic heterocycles. The Morgan fingerprint density at radius 1 is 0.944 bits per heavy atom. The molecule has 4 aromatic rings. The van der Waals surface area contributed by atoms with Crippen LogP contribution in [0.25, 0.3) is 10.9 Å². The van der Waals surface area contributed by atoms with Crippen molar-refractivity contribution in [1.29, 1.82) is 0 Å². The van der Waals surface area contributed by atoms with Crippen LogP contribution in [0.1, 0.15) is 16.0 Å². The number of carboxylic acid groups (broad SMARTS) is 1. The molecule has 0 aliphatic rings. The normalized spacial score (nSPS) is 12.4. The van der Waals surface area contributed by atoms with Gasteiger partial charge in [-0.3, -0.25) is 4.79 Å². The summed E-state index contributed by atoms with van der Waals surface area (Å²) in [6, 6.07) is 8.03. The van der Waals surface area contributed by atoms with Gasteiger partial charge in [0.15, 0.2) is 33.1 Å². The number of aromatic nitrogens is 1. The van der Waals surface area contributed by atoms with Gasteiger partial charge < -0.3 is 10.1 Å². The van der Waals surface area contributed by atoms with Gasteiger partial charge in [0.05, 0.1) is 22.1 Å². The number of carboxylic acids is 1. The lowest BCUT2D eigenvalue weighted by atomic mass is 10.00. The molecular weight excluding hydrogens is 525 g/mol. The number of thiophene rings is 1. The fraction of sp³-hybridized carbons (Fsp3) is 0.125. The molecule has 0 saturated heterocycles. The summed E-state index contributed by atoms with van der Waals surface area (Å²) in [6.45, 7) is 0. The molecule has 0 saturated carbocycles. The van der Waals surface area contributed by atoms with Crippen molar-refractivity contribution in [1.82, 2.24) is 4.98 Å². The zero-order valence-corrected chi connectivity index (χ0v) is 19.5. The highest BCUT2D eigenvalue weighted by atomic mass is 32.2. The first-order valence-corrected chi connectivity index (χ1v) is 12.6. The third kappa shape index (κ3) is 4.98. The third-order valence-electron chi connectivity index (χ3n) is 5.28. The van der Waals surface area contributed by atoms with Crippen LogP contribution in [0.3, 0.4) is 0 Å². The van der Waals surface area contributed by atoms with Gasteiger partial charge in [0.25, 0.3) is 0 Å². The second kappa shape index (κ2) is 9.75. The van der Waals surface area contributed by atoms with Gasteiger partial charge in [-0.25, -0.2) is 30.4 Å². The first-order chi connectivity index (χ1) is 17.0. The van der Waals surface area contributed by atoms with Crippen molar-refractivity contribution >= 4 is 38.0 Å². The molecule has 4 rings (SSSR count). The van der Waals surface area contributed by atoms with E-state index in [0.717, 1.165) is 17.5 Å². The number of H-pyrrole nitrogens is 1. The molecule has 0 aliphatic carbocycles. The lowest BCUT2D eigenvalue weighted by molar-refractivity contribution is -0.140. The Hall–Kier alpha value is -3.69. The second-order valence-corrected chi connectivity index (χ2v) is 11.1.